The Morgan fingerprint density at radius 1 is 1.45 bits per heavy atom. The highest BCUT2D eigenvalue weighted by molar-refractivity contribution is 7.89. The summed E-state index contributed by atoms with van der Waals surface area (Å²) in [5.41, 5.74) is 5.66. The summed E-state index contributed by atoms with van der Waals surface area (Å²) in [6.45, 7) is 3.93. The molecule has 2 rings (SSSR count). The number of benzene rings is 1. The van der Waals surface area contributed by atoms with Crippen LogP contribution in [0.3, 0.4) is 0 Å². The normalized spacial score (nSPS) is 23.4. The van der Waals surface area contributed by atoms with Crippen LogP contribution >= 0.6 is 0 Å². The molecule has 0 aliphatic carbocycles. The Hall–Kier alpha value is -1.18. The van der Waals surface area contributed by atoms with Gasteiger partial charge in [-0.2, -0.15) is 4.31 Å². The third-order valence-electron chi connectivity index (χ3n) is 3.75. The van der Waals surface area contributed by atoms with Crippen LogP contribution in [0.1, 0.15) is 18.9 Å². The molecule has 5 nitrogen and oxygen atoms in total. The summed E-state index contributed by atoms with van der Waals surface area (Å²) in [5.74, 6) is -0.610. The summed E-state index contributed by atoms with van der Waals surface area (Å²) in [7, 11) is -2.20. The Morgan fingerprint density at radius 3 is 2.65 bits per heavy atom. The molecule has 2 unspecified atom stereocenters. The smallest absolute Gasteiger partial charge is 0.243 e. The molecule has 0 spiro atoms. The van der Waals surface area contributed by atoms with Gasteiger partial charge in [-0.3, -0.25) is 0 Å². The van der Waals surface area contributed by atoms with Crippen LogP contribution in [0.15, 0.2) is 17.0 Å². The molecule has 0 amide bonds. The molecule has 1 aromatic carbocycles. The molecule has 1 saturated heterocycles. The molecule has 0 radical (unpaired) electrons. The van der Waals surface area contributed by atoms with Gasteiger partial charge in [0.15, 0.2) is 0 Å². The number of anilines is 1. The fourth-order valence-electron chi connectivity index (χ4n) is 2.48. The zero-order valence-electron chi connectivity index (χ0n) is 11.8. The molecule has 1 fully saturated rings. The molecular weight excluding hydrogens is 283 g/mol. The molecular formula is C13H19FN2O3S. The van der Waals surface area contributed by atoms with Gasteiger partial charge in [-0.15, -0.1) is 0 Å². The quantitative estimate of drug-likeness (QED) is 0.859. The minimum atomic E-state index is -3.72. The van der Waals surface area contributed by atoms with E-state index < -0.39 is 15.8 Å². The van der Waals surface area contributed by atoms with Gasteiger partial charge in [0.1, 0.15) is 5.82 Å². The van der Waals surface area contributed by atoms with Crippen LogP contribution in [-0.4, -0.2) is 38.5 Å². The maximum atomic E-state index is 13.4. The van der Waals surface area contributed by atoms with Crippen molar-refractivity contribution in [2.24, 2.45) is 0 Å². The summed E-state index contributed by atoms with van der Waals surface area (Å²) in [6, 6.07) is 2.10. The van der Waals surface area contributed by atoms with Gasteiger partial charge in [-0.05, 0) is 38.0 Å². The predicted molar refractivity (Wildman–Crippen MR) is 74.3 cm³/mol. The lowest BCUT2D eigenvalue weighted by molar-refractivity contribution is 0.102. The number of ether oxygens (including phenoxy) is 1. The van der Waals surface area contributed by atoms with Gasteiger partial charge in [0.25, 0.3) is 0 Å². The molecule has 0 bridgehead atoms. The third kappa shape index (κ3) is 2.53. The average Bonchev–Trinajstić information content (AvgIpc) is 2.78. The Morgan fingerprint density at radius 2 is 2.10 bits per heavy atom. The molecule has 1 aromatic rings. The number of aryl methyl sites for hydroxylation is 1. The first kappa shape index (κ1) is 15.2. The first-order valence-corrected chi connectivity index (χ1v) is 7.84. The molecule has 7 heteroatoms. The Labute approximate surface area is 118 Å². The SMILES string of the molecule is Cc1cc(F)c(N)cc1S(=O)(=O)N(C)C1CCOC1C. The average molecular weight is 302 g/mol. The van der Waals surface area contributed by atoms with Crippen molar-refractivity contribution in [1.29, 1.82) is 0 Å². The van der Waals surface area contributed by atoms with Gasteiger partial charge in [0, 0.05) is 13.7 Å². The molecule has 2 atom stereocenters. The Bertz CT molecular complexity index is 618. The molecule has 0 saturated carbocycles. The maximum Gasteiger partial charge on any atom is 0.243 e. The van der Waals surface area contributed by atoms with Crippen LogP contribution in [-0.2, 0) is 14.8 Å². The number of hydrogen-bond donors (Lipinski definition) is 1. The standard InChI is InChI=1S/C13H19FN2O3S/c1-8-6-10(14)11(15)7-13(8)20(17,18)16(3)12-4-5-19-9(12)2/h6-7,9,12H,4-5,15H2,1-3H3. The summed E-state index contributed by atoms with van der Waals surface area (Å²) in [4.78, 5) is 0.0398. The summed E-state index contributed by atoms with van der Waals surface area (Å²) in [5, 5.41) is 0. The first-order chi connectivity index (χ1) is 9.25. The maximum absolute atomic E-state index is 13.4. The van der Waals surface area contributed by atoms with Crippen molar-refractivity contribution < 1.29 is 17.5 Å². The predicted octanol–water partition coefficient (Wildman–Crippen LogP) is 1.51. The lowest BCUT2D eigenvalue weighted by Crippen LogP contribution is -2.41. The summed E-state index contributed by atoms with van der Waals surface area (Å²) < 4.78 is 45.3. The minimum Gasteiger partial charge on any atom is -0.396 e. The number of nitrogens with zero attached hydrogens (tertiary/aromatic N) is 1. The number of nitrogen functional groups attached to an aromatic ring is 1. The van der Waals surface area contributed by atoms with Crippen LogP contribution in [0.5, 0.6) is 0 Å². The van der Waals surface area contributed by atoms with Crippen LogP contribution in [0.25, 0.3) is 0 Å². The Balaban J connectivity index is 2.42. The molecule has 1 heterocycles. The van der Waals surface area contributed by atoms with Crippen LogP contribution in [0.2, 0.25) is 0 Å². The van der Waals surface area contributed by atoms with Crippen LogP contribution in [0.4, 0.5) is 10.1 Å². The second kappa shape index (κ2) is 5.31. The number of rotatable bonds is 3. The number of likely N-dealkylation sites (N-methyl/N-ethyl adjacent to an activating group) is 1. The first-order valence-electron chi connectivity index (χ1n) is 6.40. The number of halogens is 1. The fourth-order valence-corrected chi connectivity index (χ4v) is 4.16. The second-order valence-corrected chi connectivity index (χ2v) is 7.06. The van der Waals surface area contributed by atoms with E-state index in [2.05, 4.69) is 0 Å². The van der Waals surface area contributed by atoms with E-state index in [0.717, 1.165) is 6.07 Å². The van der Waals surface area contributed by atoms with Crippen LogP contribution < -0.4 is 5.73 Å². The third-order valence-corrected chi connectivity index (χ3v) is 5.78. The van der Waals surface area contributed by atoms with Crippen molar-refractivity contribution in [3.8, 4) is 0 Å². The van der Waals surface area contributed by atoms with E-state index in [-0.39, 0.29) is 22.7 Å². The largest absolute Gasteiger partial charge is 0.396 e. The van der Waals surface area contributed by atoms with Gasteiger partial charge >= 0.3 is 0 Å². The van der Waals surface area contributed by atoms with Crippen LogP contribution in [0, 0.1) is 12.7 Å². The van der Waals surface area contributed by atoms with E-state index in [9.17, 15) is 12.8 Å². The summed E-state index contributed by atoms with van der Waals surface area (Å²) in [6.07, 6.45) is 0.486. The topological polar surface area (TPSA) is 72.6 Å². The summed E-state index contributed by atoms with van der Waals surface area (Å²) >= 11 is 0. The molecule has 0 aromatic heterocycles. The molecule has 1 aliphatic rings. The van der Waals surface area contributed by atoms with E-state index in [1.165, 1.54) is 17.4 Å². The highest BCUT2D eigenvalue weighted by Crippen LogP contribution is 2.28. The monoisotopic (exact) mass is 302 g/mol. The molecule has 20 heavy (non-hydrogen) atoms. The van der Waals surface area contributed by atoms with Gasteiger partial charge in [-0.25, -0.2) is 12.8 Å². The van der Waals surface area contributed by atoms with Gasteiger partial charge in [0.2, 0.25) is 10.0 Å². The zero-order valence-corrected chi connectivity index (χ0v) is 12.6. The van der Waals surface area contributed by atoms with E-state index in [0.29, 0.717) is 18.6 Å². The van der Waals surface area contributed by atoms with Crippen molar-refractivity contribution in [3.63, 3.8) is 0 Å². The number of nitrogens with two attached hydrogens (primary N) is 1. The Kier molecular flexibility index (Phi) is 4.04. The second-order valence-electron chi connectivity index (χ2n) is 5.09. The minimum absolute atomic E-state index is 0.0398. The van der Waals surface area contributed by atoms with E-state index in [4.69, 9.17) is 10.5 Å². The fraction of sp³-hybridized carbons (Fsp3) is 0.538. The molecule has 2 N–H and O–H groups in total. The zero-order chi connectivity index (χ0) is 15.1. The van der Waals surface area contributed by atoms with Gasteiger partial charge in [-0.1, -0.05) is 0 Å². The highest BCUT2D eigenvalue weighted by atomic mass is 32.2. The van der Waals surface area contributed by atoms with Gasteiger partial charge in [0.05, 0.1) is 22.7 Å². The van der Waals surface area contributed by atoms with Crippen molar-refractivity contribution in [2.75, 3.05) is 19.4 Å². The van der Waals surface area contributed by atoms with E-state index in [1.54, 1.807) is 6.92 Å². The number of sulfonamides is 1. The number of hydrogen-bond acceptors (Lipinski definition) is 4. The van der Waals surface area contributed by atoms with Crippen molar-refractivity contribution in [1.82, 2.24) is 4.31 Å². The van der Waals surface area contributed by atoms with E-state index in [1.807, 2.05) is 6.92 Å². The highest BCUT2D eigenvalue weighted by Gasteiger charge is 2.36. The van der Waals surface area contributed by atoms with Gasteiger partial charge < -0.3 is 10.5 Å². The lowest BCUT2D eigenvalue weighted by Gasteiger charge is -2.26. The molecule has 1 aliphatic heterocycles. The molecule has 112 valence electrons. The van der Waals surface area contributed by atoms with E-state index >= 15 is 0 Å². The lowest BCUT2D eigenvalue weighted by atomic mass is 10.2. The van der Waals surface area contributed by atoms with Crippen molar-refractivity contribution in [2.45, 2.75) is 37.3 Å². The van der Waals surface area contributed by atoms with Crippen molar-refractivity contribution in [3.05, 3.63) is 23.5 Å². The van der Waals surface area contributed by atoms with Crippen molar-refractivity contribution >= 4 is 15.7 Å².